The Morgan fingerprint density at radius 2 is 1.13 bits per heavy atom. The molecule has 0 spiro atoms. The number of nitrogens with one attached hydrogen (secondary N) is 5. The van der Waals surface area contributed by atoms with Crippen molar-refractivity contribution in [3.63, 3.8) is 0 Å². The van der Waals surface area contributed by atoms with Gasteiger partial charge in [0.2, 0.25) is 41.4 Å². The van der Waals surface area contributed by atoms with Crippen molar-refractivity contribution in [2.24, 2.45) is 17.4 Å². The summed E-state index contributed by atoms with van der Waals surface area (Å²) >= 11 is 1.48. The van der Waals surface area contributed by atoms with Gasteiger partial charge in [-0.2, -0.15) is 11.8 Å². The van der Waals surface area contributed by atoms with Gasteiger partial charge in [0.1, 0.15) is 30.2 Å². The second-order valence-electron chi connectivity index (χ2n) is 15.6. The van der Waals surface area contributed by atoms with Gasteiger partial charge in [0.25, 0.3) is 0 Å². The average molecular weight is 889 g/mol. The van der Waals surface area contributed by atoms with Crippen molar-refractivity contribution >= 4 is 59.1 Å². The quantitative estimate of drug-likeness (QED) is 0.0556. The molecular formula is C45H60N8O9S. The first-order chi connectivity index (χ1) is 30.0. The highest BCUT2D eigenvalue weighted by molar-refractivity contribution is 7.98. The van der Waals surface area contributed by atoms with E-state index < -0.39 is 96.5 Å². The lowest BCUT2D eigenvalue weighted by atomic mass is 9.99. The topological polar surface area (TPSA) is 272 Å². The van der Waals surface area contributed by atoms with Gasteiger partial charge in [0.05, 0.1) is 19.0 Å². The maximum absolute atomic E-state index is 14.6. The van der Waals surface area contributed by atoms with Crippen molar-refractivity contribution in [1.29, 1.82) is 0 Å². The average Bonchev–Trinajstić information content (AvgIpc) is 3.25. The summed E-state index contributed by atoms with van der Waals surface area (Å²) < 4.78 is 0. The van der Waals surface area contributed by atoms with Gasteiger partial charge in [-0.3, -0.25) is 38.4 Å². The van der Waals surface area contributed by atoms with Gasteiger partial charge in [-0.15, -0.1) is 0 Å². The van der Waals surface area contributed by atoms with Gasteiger partial charge in [0.15, 0.2) is 0 Å². The summed E-state index contributed by atoms with van der Waals surface area (Å²) in [6.45, 7) is 3.16. The van der Waals surface area contributed by atoms with Gasteiger partial charge < -0.3 is 48.1 Å². The van der Waals surface area contributed by atoms with Crippen LogP contribution in [0.4, 0.5) is 0 Å². The summed E-state index contributed by atoms with van der Waals surface area (Å²) in [6, 6.07) is 19.3. The van der Waals surface area contributed by atoms with Crippen LogP contribution in [-0.4, -0.2) is 119 Å². The first kappa shape index (κ1) is 51.1. The van der Waals surface area contributed by atoms with E-state index in [0.717, 1.165) is 0 Å². The number of nitrogens with two attached hydrogens (primary N) is 2. The Balaban J connectivity index is 1.89. The Bertz CT molecular complexity index is 1990. The van der Waals surface area contributed by atoms with E-state index in [2.05, 4.69) is 26.6 Å². The molecule has 0 saturated carbocycles. The number of thioether (sulfide) groups is 1. The minimum Gasteiger partial charge on any atom is -0.481 e. The van der Waals surface area contributed by atoms with E-state index in [1.165, 1.54) is 23.7 Å². The number of nitrogens with zero attached hydrogens (tertiary/aromatic N) is 1. The number of carboxylic acids is 1. The predicted molar refractivity (Wildman–Crippen MR) is 240 cm³/mol. The largest absolute Gasteiger partial charge is 0.481 e. The molecule has 0 unspecified atom stereocenters. The fraction of sp³-hybridized carbons (Fsp3) is 0.422. The van der Waals surface area contributed by atoms with Crippen LogP contribution in [0.25, 0.3) is 0 Å². The molecule has 18 heteroatoms. The number of primary amides is 1. The minimum atomic E-state index is -1.46. The second-order valence-corrected chi connectivity index (χ2v) is 16.6. The maximum Gasteiger partial charge on any atom is 0.305 e. The molecule has 10 N–H and O–H groups in total. The molecule has 3 rings (SSSR count). The molecule has 7 amide bonds. The maximum atomic E-state index is 14.6. The van der Waals surface area contributed by atoms with Crippen molar-refractivity contribution in [3.8, 4) is 0 Å². The van der Waals surface area contributed by atoms with E-state index in [4.69, 9.17) is 11.5 Å². The van der Waals surface area contributed by atoms with E-state index in [0.29, 0.717) is 28.9 Å². The van der Waals surface area contributed by atoms with Crippen LogP contribution in [0.15, 0.2) is 91.0 Å². The zero-order chi connectivity index (χ0) is 46.5. The standard InChI is InChI=1S/C45H60N8O9S/c1-28(2)22-34(42(59)50-33(40(47)57)20-21-63-4)49-38(54)27-48-44(61)37(25-31-18-12-7-13-19-31)53(3)45(62)36(24-30-16-10-6-11-17-30)52-43(60)35(23-29-14-8-5-9-15-29)51-41(58)32(46)26-39(55)56/h5-19,28,32-37H,20-27,46H2,1-4H3,(H2,47,57)(H,48,61)(H,49,54)(H,50,59)(H,51,58)(H,52,60)(H,55,56)/t32-,33-,34-,35-,36-,37-/m0/s1. The van der Waals surface area contributed by atoms with Crippen LogP contribution in [0.1, 0.15) is 49.8 Å². The highest BCUT2D eigenvalue weighted by Crippen LogP contribution is 2.14. The van der Waals surface area contributed by atoms with Crippen molar-refractivity contribution in [1.82, 2.24) is 31.5 Å². The molecule has 0 radical (unpaired) electrons. The fourth-order valence-electron chi connectivity index (χ4n) is 6.61. The van der Waals surface area contributed by atoms with Crippen LogP contribution in [0.2, 0.25) is 0 Å². The van der Waals surface area contributed by atoms with Gasteiger partial charge in [-0.25, -0.2) is 0 Å². The Kier molecular flexibility index (Phi) is 21.3. The molecule has 340 valence electrons. The number of rotatable bonds is 26. The Morgan fingerprint density at radius 3 is 1.62 bits per heavy atom. The number of hydrogen-bond acceptors (Lipinski definition) is 10. The summed E-state index contributed by atoms with van der Waals surface area (Å²) in [4.78, 5) is 107. The summed E-state index contributed by atoms with van der Waals surface area (Å²) in [6.07, 6.45) is 1.68. The molecule has 0 aromatic heterocycles. The lowest BCUT2D eigenvalue weighted by molar-refractivity contribution is -0.142. The van der Waals surface area contributed by atoms with Crippen LogP contribution in [0.3, 0.4) is 0 Å². The van der Waals surface area contributed by atoms with Crippen LogP contribution in [0.5, 0.6) is 0 Å². The molecule has 6 atom stereocenters. The third-order valence-corrected chi connectivity index (χ3v) is 10.6. The summed E-state index contributed by atoms with van der Waals surface area (Å²) in [7, 11) is 1.41. The van der Waals surface area contributed by atoms with Crippen molar-refractivity contribution in [3.05, 3.63) is 108 Å². The molecular weight excluding hydrogens is 829 g/mol. The number of aliphatic carboxylic acids is 1. The van der Waals surface area contributed by atoms with Gasteiger partial charge in [-0.1, -0.05) is 105 Å². The van der Waals surface area contributed by atoms with Gasteiger partial charge in [0, 0.05) is 26.3 Å². The number of carbonyl (C=O) groups excluding carboxylic acids is 7. The van der Waals surface area contributed by atoms with E-state index >= 15 is 0 Å². The summed E-state index contributed by atoms with van der Waals surface area (Å²) in [5, 5.41) is 22.4. The fourth-order valence-corrected chi connectivity index (χ4v) is 7.08. The van der Waals surface area contributed by atoms with Gasteiger partial charge >= 0.3 is 5.97 Å². The lowest BCUT2D eigenvalue weighted by Gasteiger charge is -2.32. The van der Waals surface area contributed by atoms with Gasteiger partial charge in [-0.05, 0) is 47.5 Å². The van der Waals surface area contributed by atoms with E-state index in [-0.39, 0.29) is 31.6 Å². The molecule has 17 nitrogen and oxygen atoms in total. The molecule has 0 saturated heterocycles. The van der Waals surface area contributed by atoms with E-state index in [1.54, 1.807) is 91.0 Å². The summed E-state index contributed by atoms with van der Waals surface area (Å²) in [5.41, 5.74) is 13.4. The molecule has 0 aliphatic heterocycles. The smallest absolute Gasteiger partial charge is 0.305 e. The molecule has 63 heavy (non-hydrogen) atoms. The van der Waals surface area contributed by atoms with Crippen molar-refractivity contribution in [2.45, 2.75) is 88.6 Å². The van der Waals surface area contributed by atoms with E-state index in [9.17, 15) is 43.5 Å². The number of likely N-dealkylation sites (N-methyl/N-ethyl adjacent to an activating group) is 1. The number of carboxylic acid groups (broad SMARTS) is 1. The zero-order valence-electron chi connectivity index (χ0n) is 36.1. The Hall–Kier alpha value is -6.27. The number of amides is 7. The van der Waals surface area contributed by atoms with Crippen LogP contribution in [0, 0.1) is 5.92 Å². The molecule has 0 fully saturated rings. The molecule has 3 aromatic carbocycles. The normalized spacial score (nSPS) is 13.8. The number of hydrogen-bond donors (Lipinski definition) is 8. The molecule has 0 aliphatic rings. The third-order valence-electron chi connectivity index (χ3n) is 9.99. The third kappa shape index (κ3) is 17.9. The minimum absolute atomic E-state index is 0.0135. The zero-order valence-corrected chi connectivity index (χ0v) is 36.9. The predicted octanol–water partition coefficient (Wildman–Crippen LogP) is 0.683. The lowest BCUT2D eigenvalue weighted by Crippen LogP contribution is -2.59. The Labute approximate surface area is 372 Å². The highest BCUT2D eigenvalue weighted by Gasteiger charge is 2.35. The molecule has 3 aromatic rings. The second kappa shape index (κ2) is 26.3. The molecule has 0 heterocycles. The SMILES string of the molecule is CSCC[C@H](NC(=O)[C@H](CC(C)C)NC(=O)CNC(=O)[C@H](Cc1ccccc1)N(C)C(=O)[C@H](Cc1ccccc1)NC(=O)[C@H](Cc1ccccc1)NC(=O)[C@@H](N)CC(=O)O)C(N)=O. The number of benzene rings is 3. The van der Waals surface area contributed by atoms with Crippen LogP contribution >= 0.6 is 11.8 Å². The van der Waals surface area contributed by atoms with Crippen LogP contribution < -0.4 is 38.1 Å². The van der Waals surface area contributed by atoms with Crippen molar-refractivity contribution < 1.29 is 43.5 Å². The Morgan fingerprint density at radius 1 is 0.651 bits per heavy atom. The summed E-state index contributed by atoms with van der Waals surface area (Å²) in [5.74, 6) is -5.77. The van der Waals surface area contributed by atoms with Crippen molar-refractivity contribution in [2.75, 3.05) is 25.6 Å². The molecule has 0 bridgehead atoms. The first-order valence-corrected chi connectivity index (χ1v) is 22.0. The monoisotopic (exact) mass is 888 g/mol. The number of carbonyl (C=O) groups is 8. The van der Waals surface area contributed by atoms with E-state index in [1.807, 2.05) is 20.1 Å². The molecule has 0 aliphatic carbocycles. The highest BCUT2D eigenvalue weighted by atomic mass is 32.2. The first-order valence-electron chi connectivity index (χ1n) is 20.6. The van der Waals surface area contributed by atoms with Crippen LogP contribution in [-0.2, 0) is 57.6 Å².